The summed E-state index contributed by atoms with van der Waals surface area (Å²) >= 11 is 0. The van der Waals surface area contributed by atoms with Crippen LogP contribution in [-0.2, 0) is 35.3 Å². The Labute approximate surface area is 140 Å². The maximum Gasteiger partial charge on any atom is 0.505 e. The molecule has 0 bridgehead atoms. The van der Waals surface area contributed by atoms with Gasteiger partial charge in [-0.15, -0.1) is 0 Å². The van der Waals surface area contributed by atoms with Crippen LogP contribution < -0.4 is 0 Å². The quantitative estimate of drug-likeness (QED) is 0.458. The van der Waals surface area contributed by atoms with Gasteiger partial charge in [-0.05, 0) is 38.8 Å². The van der Waals surface area contributed by atoms with Crippen molar-refractivity contribution in [2.75, 3.05) is 26.4 Å². The van der Waals surface area contributed by atoms with Crippen LogP contribution in [0, 0.1) is 0 Å². The lowest BCUT2D eigenvalue weighted by Gasteiger charge is -2.28. The Balaban J connectivity index is 2.78. The average Bonchev–Trinajstić information content (AvgIpc) is 2.50. The lowest BCUT2D eigenvalue weighted by Crippen LogP contribution is -2.48. The van der Waals surface area contributed by atoms with E-state index in [-0.39, 0.29) is 5.97 Å². The van der Waals surface area contributed by atoms with Crippen molar-refractivity contribution in [1.29, 1.82) is 0 Å². The Morgan fingerprint density at radius 2 is 1.30 bits per heavy atom. The van der Waals surface area contributed by atoms with Crippen molar-refractivity contribution in [3.05, 3.63) is 35.4 Å². The van der Waals surface area contributed by atoms with Gasteiger partial charge >= 0.3 is 14.8 Å². The lowest BCUT2D eigenvalue weighted by molar-refractivity contribution is -0.142. The predicted octanol–water partition coefficient (Wildman–Crippen LogP) is 2.92. The van der Waals surface area contributed by atoms with E-state index in [2.05, 4.69) is 0 Å². The third-order valence-corrected chi connectivity index (χ3v) is 6.22. The van der Waals surface area contributed by atoms with Gasteiger partial charge in [0.15, 0.2) is 0 Å². The Bertz CT molecular complexity index is 444. The number of esters is 1. The van der Waals surface area contributed by atoms with Gasteiger partial charge in [-0.25, -0.2) is 0 Å². The van der Waals surface area contributed by atoms with E-state index in [0.29, 0.717) is 38.9 Å². The van der Waals surface area contributed by atoms with Crippen LogP contribution in [0.5, 0.6) is 0 Å². The molecular weight excluding hydrogens is 312 g/mol. The highest BCUT2D eigenvalue weighted by Crippen LogP contribution is 2.18. The molecule has 0 aliphatic rings. The van der Waals surface area contributed by atoms with Gasteiger partial charge in [-0.2, -0.15) is 0 Å². The summed E-state index contributed by atoms with van der Waals surface area (Å²) in [6.45, 7) is 9.74. The monoisotopic (exact) mass is 340 g/mol. The highest BCUT2D eigenvalue weighted by atomic mass is 28.4. The SMILES string of the molecule is CCOC(=O)Cc1ccc(C[Si](OCC)(OCC)OCC)cc1. The summed E-state index contributed by atoms with van der Waals surface area (Å²) in [6.07, 6.45) is 0.291. The molecule has 0 aliphatic carbocycles. The van der Waals surface area contributed by atoms with Gasteiger partial charge in [0.1, 0.15) is 0 Å². The molecule has 0 amide bonds. The van der Waals surface area contributed by atoms with Crippen LogP contribution in [0.1, 0.15) is 38.8 Å². The minimum atomic E-state index is -2.69. The first-order chi connectivity index (χ1) is 11.1. The minimum Gasteiger partial charge on any atom is -0.466 e. The van der Waals surface area contributed by atoms with Gasteiger partial charge in [-0.3, -0.25) is 4.79 Å². The molecule has 0 fully saturated rings. The van der Waals surface area contributed by atoms with Crippen LogP contribution in [0.25, 0.3) is 0 Å². The summed E-state index contributed by atoms with van der Waals surface area (Å²) in [5.74, 6) is -0.207. The Morgan fingerprint density at radius 3 is 1.74 bits per heavy atom. The second-order valence-corrected chi connectivity index (χ2v) is 7.54. The standard InChI is InChI=1S/C17H28O5Si/c1-5-19-17(18)13-15-9-11-16(12-10-15)14-23(20-6-2,21-7-3)22-8-4/h9-12H,5-8,13-14H2,1-4H3. The molecule has 0 saturated heterocycles. The highest BCUT2D eigenvalue weighted by molar-refractivity contribution is 6.60. The first-order valence-corrected chi connectivity index (χ1v) is 10.2. The molecule has 5 nitrogen and oxygen atoms in total. The van der Waals surface area contributed by atoms with Crippen molar-refractivity contribution in [3.63, 3.8) is 0 Å². The summed E-state index contributed by atoms with van der Waals surface area (Å²) < 4.78 is 22.5. The second kappa shape index (κ2) is 10.5. The molecule has 0 saturated carbocycles. The maximum atomic E-state index is 11.5. The van der Waals surface area contributed by atoms with Crippen LogP contribution in [0.2, 0.25) is 0 Å². The fourth-order valence-electron chi connectivity index (χ4n) is 2.34. The van der Waals surface area contributed by atoms with Crippen molar-refractivity contribution in [1.82, 2.24) is 0 Å². The third kappa shape index (κ3) is 6.82. The smallest absolute Gasteiger partial charge is 0.466 e. The van der Waals surface area contributed by atoms with Crippen LogP contribution in [0.3, 0.4) is 0 Å². The first kappa shape index (κ1) is 19.8. The van der Waals surface area contributed by atoms with Gasteiger partial charge in [0.05, 0.1) is 13.0 Å². The molecule has 0 spiro atoms. The van der Waals surface area contributed by atoms with E-state index in [4.69, 9.17) is 18.0 Å². The van der Waals surface area contributed by atoms with Crippen molar-refractivity contribution >= 4 is 14.8 Å². The highest BCUT2D eigenvalue weighted by Gasteiger charge is 2.40. The molecule has 0 radical (unpaired) electrons. The molecule has 0 unspecified atom stereocenters. The third-order valence-electron chi connectivity index (χ3n) is 3.19. The fraction of sp³-hybridized carbons (Fsp3) is 0.588. The van der Waals surface area contributed by atoms with E-state index in [1.807, 2.05) is 45.0 Å². The summed E-state index contributed by atoms with van der Waals surface area (Å²) in [5, 5.41) is 0. The number of hydrogen-bond acceptors (Lipinski definition) is 5. The normalized spacial score (nSPS) is 11.5. The van der Waals surface area contributed by atoms with Gasteiger partial charge in [0.25, 0.3) is 0 Å². The molecule has 0 atom stereocenters. The van der Waals surface area contributed by atoms with Crippen LogP contribution in [0.15, 0.2) is 24.3 Å². The molecule has 1 aromatic carbocycles. The number of benzene rings is 1. The summed E-state index contributed by atoms with van der Waals surface area (Å²) in [6, 6.07) is 8.49. The van der Waals surface area contributed by atoms with Crippen LogP contribution in [0.4, 0.5) is 0 Å². The first-order valence-electron chi connectivity index (χ1n) is 8.24. The zero-order valence-electron chi connectivity index (χ0n) is 14.6. The topological polar surface area (TPSA) is 54.0 Å². The molecule has 1 aromatic rings. The number of rotatable bonds is 11. The van der Waals surface area contributed by atoms with Gasteiger partial charge in [-0.1, -0.05) is 24.3 Å². The summed E-state index contributed by atoms with van der Waals surface area (Å²) in [5.41, 5.74) is 2.02. The Kier molecular flexibility index (Phi) is 9.09. The van der Waals surface area contributed by atoms with Crippen LogP contribution in [-0.4, -0.2) is 41.2 Å². The van der Waals surface area contributed by atoms with E-state index in [1.54, 1.807) is 6.92 Å². The Hall–Kier alpha value is -1.21. The Morgan fingerprint density at radius 1 is 0.826 bits per heavy atom. The number of ether oxygens (including phenoxy) is 1. The zero-order valence-corrected chi connectivity index (χ0v) is 15.6. The van der Waals surface area contributed by atoms with E-state index in [0.717, 1.165) is 11.1 Å². The molecule has 0 aromatic heterocycles. The lowest BCUT2D eigenvalue weighted by atomic mass is 10.1. The fourth-order valence-corrected chi connectivity index (χ4v) is 4.95. The van der Waals surface area contributed by atoms with Crippen molar-refractivity contribution in [2.24, 2.45) is 0 Å². The molecule has 0 aliphatic heterocycles. The molecule has 0 heterocycles. The minimum absolute atomic E-state index is 0.207. The van der Waals surface area contributed by atoms with Gasteiger partial charge in [0, 0.05) is 25.9 Å². The van der Waals surface area contributed by atoms with Crippen molar-refractivity contribution in [3.8, 4) is 0 Å². The molecular formula is C17H28O5Si. The molecule has 1 rings (SSSR count). The maximum absolute atomic E-state index is 11.5. The van der Waals surface area contributed by atoms with Crippen LogP contribution >= 0.6 is 0 Å². The van der Waals surface area contributed by atoms with E-state index < -0.39 is 8.80 Å². The van der Waals surface area contributed by atoms with Gasteiger partial charge in [0.2, 0.25) is 0 Å². The molecule has 0 N–H and O–H groups in total. The summed E-state index contributed by atoms with van der Waals surface area (Å²) in [4.78, 5) is 11.5. The van der Waals surface area contributed by atoms with E-state index in [9.17, 15) is 4.79 Å². The van der Waals surface area contributed by atoms with Crippen molar-refractivity contribution in [2.45, 2.75) is 40.2 Å². The zero-order chi connectivity index (χ0) is 17.1. The molecule has 130 valence electrons. The number of carbonyl (C=O) groups is 1. The van der Waals surface area contributed by atoms with Crippen molar-refractivity contribution < 1.29 is 22.8 Å². The average molecular weight is 340 g/mol. The predicted molar refractivity (Wildman–Crippen MR) is 91.1 cm³/mol. The van der Waals surface area contributed by atoms with Gasteiger partial charge < -0.3 is 18.0 Å². The van der Waals surface area contributed by atoms with E-state index >= 15 is 0 Å². The van der Waals surface area contributed by atoms with E-state index in [1.165, 1.54) is 0 Å². The molecule has 6 heteroatoms. The second-order valence-electron chi connectivity index (χ2n) is 4.96. The largest absolute Gasteiger partial charge is 0.505 e. The number of hydrogen-bond donors (Lipinski definition) is 0. The molecule has 23 heavy (non-hydrogen) atoms. The number of carbonyl (C=O) groups excluding carboxylic acids is 1. The summed E-state index contributed by atoms with van der Waals surface area (Å²) in [7, 11) is -2.69.